The Bertz CT molecular complexity index is 411. The molecular formula is C12H14F2N2O. The maximum absolute atomic E-state index is 13.2. The summed E-state index contributed by atoms with van der Waals surface area (Å²) >= 11 is 0. The van der Waals surface area contributed by atoms with Crippen molar-refractivity contribution in [1.82, 2.24) is 5.32 Å². The van der Waals surface area contributed by atoms with Crippen LogP contribution in [0.4, 0.5) is 8.78 Å². The summed E-state index contributed by atoms with van der Waals surface area (Å²) in [4.78, 5) is 0. The van der Waals surface area contributed by atoms with Crippen molar-refractivity contribution in [3.8, 4) is 11.8 Å². The maximum atomic E-state index is 13.2. The van der Waals surface area contributed by atoms with Crippen LogP contribution in [-0.4, -0.2) is 18.7 Å². The lowest BCUT2D eigenvalue weighted by Crippen LogP contribution is -2.46. The molecule has 0 saturated carbocycles. The highest BCUT2D eigenvalue weighted by molar-refractivity contribution is 5.26. The Morgan fingerprint density at radius 3 is 2.47 bits per heavy atom. The third kappa shape index (κ3) is 3.40. The summed E-state index contributed by atoms with van der Waals surface area (Å²) in [5.74, 6) is -2.00. The maximum Gasteiger partial charge on any atom is 0.190 e. The van der Waals surface area contributed by atoms with Crippen LogP contribution in [0.3, 0.4) is 0 Å². The average molecular weight is 240 g/mol. The van der Waals surface area contributed by atoms with Crippen LogP contribution >= 0.6 is 0 Å². The van der Waals surface area contributed by atoms with Crippen LogP contribution in [0.25, 0.3) is 0 Å². The van der Waals surface area contributed by atoms with E-state index in [2.05, 4.69) is 5.32 Å². The van der Waals surface area contributed by atoms with E-state index in [4.69, 9.17) is 10.00 Å². The van der Waals surface area contributed by atoms with Crippen molar-refractivity contribution in [1.29, 1.82) is 5.26 Å². The fourth-order valence-electron chi connectivity index (χ4n) is 1.35. The van der Waals surface area contributed by atoms with Crippen LogP contribution in [0, 0.1) is 23.0 Å². The first-order valence-corrected chi connectivity index (χ1v) is 5.25. The SMILES string of the molecule is CCNC(C)(C#N)COc1c(F)cccc1F. The fraction of sp³-hybridized carbons (Fsp3) is 0.417. The fourth-order valence-corrected chi connectivity index (χ4v) is 1.35. The van der Waals surface area contributed by atoms with E-state index in [1.807, 2.05) is 13.0 Å². The van der Waals surface area contributed by atoms with Gasteiger partial charge in [-0.3, -0.25) is 5.32 Å². The molecule has 1 aromatic rings. The molecule has 1 aromatic carbocycles. The van der Waals surface area contributed by atoms with Gasteiger partial charge in [-0.2, -0.15) is 5.26 Å². The number of likely N-dealkylation sites (N-methyl/N-ethyl adjacent to an activating group) is 1. The first-order valence-electron chi connectivity index (χ1n) is 5.25. The van der Waals surface area contributed by atoms with Gasteiger partial charge in [0.2, 0.25) is 0 Å². The Balaban J connectivity index is 2.77. The van der Waals surface area contributed by atoms with Gasteiger partial charge in [0.1, 0.15) is 12.1 Å². The highest BCUT2D eigenvalue weighted by atomic mass is 19.1. The van der Waals surface area contributed by atoms with Crippen molar-refractivity contribution in [3.63, 3.8) is 0 Å². The van der Waals surface area contributed by atoms with Gasteiger partial charge in [-0.15, -0.1) is 0 Å². The van der Waals surface area contributed by atoms with E-state index in [9.17, 15) is 8.78 Å². The van der Waals surface area contributed by atoms with Gasteiger partial charge in [0.25, 0.3) is 0 Å². The van der Waals surface area contributed by atoms with Crippen LogP contribution < -0.4 is 10.1 Å². The predicted octanol–water partition coefficient (Wildman–Crippen LogP) is 2.24. The first kappa shape index (κ1) is 13.4. The zero-order chi connectivity index (χ0) is 12.9. The van der Waals surface area contributed by atoms with Crippen molar-refractivity contribution < 1.29 is 13.5 Å². The monoisotopic (exact) mass is 240 g/mol. The minimum absolute atomic E-state index is 0.130. The molecule has 0 aliphatic carbocycles. The topological polar surface area (TPSA) is 45.0 Å². The summed E-state index contributed by atoms with van der Waals surface area (Å²) in [5.41, 5.74) is -0.969. The Hall–Kier alpha value is -1.67. The number of nitrogens with zero attached hydrogens (tertiary/aromatic N) is 1. The molecule has 0 fully saturated rings. The molecule has 1 atom stereocenters. The molecule has 0 radical (unpaired) electrons. The second-order valence-corrected chi connectivity index (χ2v) is 3.81. The van der Waals surface area contributed by atoms with Crippen LogP contribution in [0.2, 0.25) is 0 Å². The molecule has 0 amide bonds. The minimum Gasteiger partial charge on any atom is -0.485 e. The molecule has 5 heteroatoms. The van der Waals surface area contributed by atoms with Gasteiger partial charge in [0.15, 0.2) is 17.4 Å². The number of hydrogen-bond acceptors (Lipinski definition) is 3. The standard InChI is InChI=1S/C12H14F2N2O/c1-3-16-12(2,7-15)8-17-11-9(13)5-4-6-10(11)14/h4-6,16H,3,8H2,1-2H3. The molecule has 1 rings (SSSR count). The Morgan fingerprint density at radius 2 is 2.00 bits per heavy atom. The number of nitrogens with one attached hydrogen (secondary N) is 1. The van der Waals surface area contributed by atoms with Gasteiger partial charge in [0.05, 0.1) is 6.07 Å². The number of nitriles is 1. The van der Waals surface area contributed by atoms with E-state index in [0.29, 0.717) is 6.54 Å². The third-order valence-electron chi connectivity index (χ3n) is 2.24. The van der Waals surface area contributed by atoms with Gasteiger partial charge in [-0.25, -0.2) is 8.78 Å². The van der Waals surface area contributed by atoms with Crippen LogP contribution in [0.15, 0.2) is 18.2 Å². The molecule has 0 heterocycles. The highest BCUT2D eigenvalue weighted by Gasteiger charge is 2.24. The lowest BCUT2D eigenvalue weighted by Gasteiger charge is -2.22. The lowest BCUT2D eigenvalue weighted by molar-refractivity contribution is 0.218. The summed E-state index contributed by atoms with van der Waals surface area (Å²) in [7, 11) is 0. The largest absolute Gasteiger partial charge is 0.485 e. The molecule has 17 heavy (non-hydrogen) atoms. The van der Waals surface area contributed by atoms with Crippen LogP contribution in [0.5, 0.6) is 5.75 Å². The number of para-hydroxylation sites is 1. The second-order valence-electron chi connectivity index (χ2n) is 3.81. The van der Waals surface area contributed by atoms with Gasteiger partial charge in [0, 0.05) is 0 Å². The van der Waals surface area contributed by atoms with Gasteiger partial charge in [-0.05, 0) is 25.6 Å². The molecule has 0 aliphatic rings. The summed E-state index contributed by atoms with van der Waals surface area (Å²) in [5, 5.41) is 11.8. The van der Waals surface area contributed by atoms with E-state index in [1.165, 1.54) is 6.07 Å². The van der Waals surface area contributed by atoms with E-state index >= 15 is 0 Å². The second kappa shape index (κ2) is 5.60. The average Bonchev–Trinajstić information content (AvgIpc) is 2.29. The minimum atomic E-state index is -0.969. The molecule has 3 nitrogen and oxygen atoms in total. The molecule has 0 aromatic heterocycles. The van der Waals surface area contributed by atoms with Crippen molar-refractivity contribution in [2.45, 2.75) is 19.4 Å². The predicted molar refractivity (Wildman–Crippen MR) is 59.5 cm³/mol. The molecule has 0 saturated heterocycles. The number of halogens is 2. The molecule has 1 unspecified atom stereocenters. The smallest absolute Gasteiger partial charge is 0.190 e. The van der Waals surface area contributed by atoms with E-state index in [1.54, 1.807) is 6.92 Å². The van der Waals surface area contributed by atoms with Crippen molar-refractivity contribution >= 4 is 0 Å². The molecule has 92 valence electrons. The van der Waals surface area contributed by atoms with Crippen molar-refractivity contribution in [2.75, 3.05) is 13.2 Å². The highest BCUT2D eigenvalue weighted by Crippen LogP contribution is 2.21. The van der Waals surface area contributed by atoms with Crippen LogP contribution in [-0.2, 0) is 0 Å². The Kier molecular flexibility index (Phi) is 4.41. The Morgan fingerprint density at radius 1 is 1.41 bits per heavy atom. The molecule has 0 bridgehead atoms. The molecular weight excluding hydrogens is 226 g/mol. The summed E-state index contributed by atoms with van der Waals surface area (Å²) in [6, 6.07) is 5.48. The number of hydrogen-bond donors (Lipinski definition) is 1. The quantitative estimate of drug-likeness (QED) is 0.858. The summed E-state index contributed by atoms with van der Waals surface area (Å²) in [6.07, 6.45) is 0. The van der Waals surface area contributed by atoms with Crippen molar-refractivity contribution in [2.24, 2.45) is 0 Å². The zero-order valence-electron chi connectivity index (χ0n) is 9.76. The molecule has 0 aliphatic heterocycles. The lowest BCUT2D eigenvalue weighted by atomic mass is 10.1. The first-order chi connectivity index (χ1) is 8.02. The number of benzene rings is 1. The normalized spacial score (nSPS) is 13.8. The van der Waals surface area contributed by atoms with E-state index in [-0.39, 0.29) is 6.61 Å². The van der Waals surface area contributed by atoms with Gasteiger partial charge in [-0.1, -0.05) is 13.0 Å². The number of rotatable bonds is 5. The van der Waals surface area contributed by atoms with Gasteiger partial charge < -0.3 is 4.74 Å². The summed E-state index contributed by atoms with van der Waals surface area (Å²) < 4.78 is 31.5. The van der Waals surface area contributed by atoms with Gasteiger partial charge >= 0.3 is 0 Å². The molecule has 1 N–H and O–H groups in total. The van der Waals surface area contributed by atoms with Crippen molar-refractivity contribution in [3.05, 3.63) is 29.8 Å². The summed E-state index contributed by atoms with van der Waals surface area (Å²) in [6.45, 7) is 3.87. The number of ether oxygens (including phenoxy) is 1. The Labute approximate surface area is 99.0 Å². The van der Waals surface area contributed by atoms with E-state index in [0.717, 1.165) is 12.1 Å². The third-order valence-corrected chi connectivity index (χ3v) is 2.24. The zero-order valence-corrected chi connectivity index (χ0v) is 9.76. The van der Waals surface area contributed by atoms with E-state index < -0.39 is 22.9 Å². The molecule has 0 spiro atoms. The van der Waals surface area contributed by atoms with Crippen LogP contribution in [0.1, 0.15) is 13.8 Å².